The standard InChI is InChI=1S/C13H28N2O5/c1-15-8-11(17)13(18)12(9-16)20-10-19-7-5-3-2-4-6-14/h9,11-13,15,17-18H,2-8,10,14H2,1H3/t11?,12-,13-/m1/s1. The van der Waals surface area contributed by atoms with E-state index in [4.69, 9.17) is 15.2 Å². The van der Waals surface area contributed by atoms with Crippen LogP contribution in [0.3, 0.4) is 0 Å². The smallest absolute Gasteiger partial charge is 0.151 e. The number of hydrogen-bond acceptors (Lipinski definition) is 7. The zero-order valence-corrected chi connectivity index (χ0v) is 12.2. The van der Waals surface area contributed by atoms with E-state index in [2.05, 4.69) is 5.32 Å². The molecule has 0 aliphatic carbocycles. The highest BCUT2D eigenvalue weighted by Crippen LogP contribution is 2.04. The summed E-state index contributed by atoms with van der Waals surface area (Å²) in [4.78, 5) is 10.8. The number of rotatable bonds is 14. The van der Waals surface area contributed by atoms with Crippen LogP contribution in [0.15, 0.2) is 0 Å². The van der Waals surface area contributed by atoms with Gasteiger partial charge in [-0.2, -0.15) is 0 Å². The molecule has 0 saturated heterocycles. The molecule has 7 nitrogen and oxygen atoms in total. The molecule has 120 valence electrons. The first kappa shape index (κ1) is 19.4. The van der Waals surface area contributed by atoms with E-state index in [0.29, 0.717) is 19.4 Å². The summed E-state index contributed by atoms with van der Waals surface area (Å²) in [7, 11) is 1.64. The van der Waals surface area contributed by atoms with Crippen molar-refractivity contribution >= 4 is 6.29 Å². The van der Waals surface area contributed by atoms with E-state index in [-0.39, 0.29) is 13.3 Å². The van der Waals surface area contributed by atoms with Crippen LogP contribution in [0.1, 0.15) is 25.7 Å². The van der Waals surface area contributed by atoms with Crippen LogP contribution in [0.4, 0.5) is 0 Å². The highest BCUT2D eigenvalue weighted by Gasteiger charge is 2.26. The number of aliphatic hydroxyl groups is 2. The Kier molecular flexibility index (Phi) is 13.0. The summed E-state index contributed by atoms with van der Waals surface area (Å²) in [5, 5.41) is 21.9. The lowest BCUT2D eigenvalue weighted by atomic mass is 10.1. The number of nitrogens with one attached hydrogen (secondary N) is 1. The Bertz CT molecular complexity index is 231. The second-order valence-electron chi connectivity index (χ2n) is 4.61. The molecule has 3 atom stereocenters. The molecule has 0 bridgehead atoms. The molecular formula is C13H28N2O5. The van der Waals surface area contributed by atoms with Gasteiger partial charge in [-0.3, -0.25) is 0 Å². The lowest BCUT2D eigenvalue weighted by Gasteiger charge is -2.22. The number of likely N-dealkylation sites (N-methyl/N-ethyl adjacent to an activating group) is 1. The number of aldehydes is 1. The lowest BCUT2D eigenvalue weighted by molar-refractivity contribution is -0.155. The van der Waals surface area contributed by atoms with Crippen molar-refractivity contribution in [3.05, 3.63) is 0 Å². The fourth-order valence-electron chi connectivity index (χ4n) is 1.65. The summed E-state index contributed by atoms with van der Waals surface area (Å²) in [5.74, 6) is 0. The van der Waals surface area contributed by atoms with Crippen LogP contribution < -0.4 is 11.1 Å². The van der Waals surface area contributed by atoms with Crippen molar-refractivity contribution < 1.29 is 24.5 Å². The average Bonchev–Trinajstić information content (AvgIpc) is 2.45. The first-order valence-corrected chi connectivity index (χ1v) is 7.02. The number of unbranched alkanes of at least 4 members (excludes halogenated alkanes) is 3. The molecule has 5 N–H and O–H groups in total. The van der Waals surface area contributed by atoms with Crippen LogP contribution in [0.2, 0.25) is 0 Å². The number of nitrogens with two attached hydrogens (primary N) is 1. The molecule has 0 aromatic heterocycles. The van der Waals surface area contributed by atoms with Gasteiger partial charge in [-0.1, -0.05) is 12.8 Å². The lowest BCUT2D eigenvalue weighted by Crippen LogP contribution is -2.44. The molecule has 0 aliphatic heterocycles. The first-order chi connectivity index (χ1) is 9.67. The summed E-state index contributed by atoms with van der Waals surface area (Å²) < 4.78 is 10.3. The number of carbonyl (C=O) groups excluding carboxylic acids is 1. The molecular weight excluding hydrogens is 264 g/mol. The molecule has 7 heteroatoms. The number of hydrogen-bond donors (Lipinski definition) is 4. The Morgan fingerprint density at radius 2 is 1.95 bits per heavy atom. The van der Waals surface area contributed by atoms with Crippen LogP contribution in [-0.2, 0) is 14.3 Å². The molecule has 0 spiro atoms. The molecule has 1 unspecified atom stereocenters. The Hall–Kier alpha value is -0.570. The fourth-order valence-corrected chi connectivity index (χ4v) is 1.65. The molecule has 20 heavy (non-hydrogen) atoms. The predicted octanol–water partition coefficient (Wildman–Crippen LogP) is -0.995. The monoisotopic (exact) mass is 292 g/mol. The number of carbonyl (C=O) groups is 1. The molecule has 0 aliphatic rings. The van der Waals surface area contributed by atoms with Crippen molar-refractivity contribution in [3.63, 3.8) is 0 Å². The molecule has 0 fully saturated rings. The first-order valence-electron chi connectivity index (χ1n) is 7.02. The zero-order valence-electron chi connectivity index (χ0n) is 12.2. The highest BCUT2D eigenvalue weighted by molar-refractivity contribution is 5.57. The second kappa shape index (κ2) is 13.4. The van der Waals surface area contributed by atoms with Crippen LogP contribution in [0.5, 0.6) is 0 Å². The summed E-state index contributed by atoms with van der Waals surface area (Å²) >= 11 is 0. The molecule has 0 rings (SSSR count). The SMILES string of the molecule is CNCC(O)[C@@H](O)[C@@H](C=O)OCOCCCCCCN. The van der Waals surface area contributed by atoms with E-state index < -0.39 is 18.3 Å². The van der Waals surface area contributed by atoms with Gasteiger partial charge < -0.3 is 35.5 Å². The Balaban J connectivity index is 3.66. The average molecular weight is 292 g/mol. The Morgan fingerprint density at radius 3 is 2.55 bits per heavy atom. The van der Waals surface area contributed by atoms with Crippen molar-refractivity contribution in [2.45, 2.75) is 44.0 Å². The van der Waals surface area contributed by atoms with Crippen molar-refractivity contribution in [2.24, 2.45) is 5.73 Å². The van der Waals surface area contributed by atoms with E-state index >= 15 is 0 Å². The van der Waals surface area contributed by atoms with Gasteiger partial charge in [0.05, 0.1) is 6.10 Å². The maximum atomic E-state index is 10.8. The van der Waals surface area contributed by atoms with E-state index in [9.17, 15) is 15.0 Å². The number of ether oxygens (including phenoxy) is 2. The number of aliphatic hydroxyl groups excluding tert-OH is 2. The summed E-state index contributed by atoms with van der Waals surface area (Å²) in [5.41, 5.74) is 5.38. The predicted molar refractivity (Wildman–Crippen MR) is 75.2 cm³/mol. The molecule has 0 amide bonds. The topological polar surface area (TPSA) is 114 Å². The van der Waals surface area contributed by atoms with Crippen molar-refractivity contribution in [3.8, 4) is 0 Å². The minimum absolute atomic E-state index is 0.0797. The third-order valence-electron chi connectivity index (χ3n) is 2.86. The van der Waals surface area contributed by atoms with Gasteiger partial charge in [0.2, 0.25) is 0 Å². The van der Waals surface area contributed by atoms with Crippen LogP contribution in [-0.4, -0.2) is 68.3 Å². The second-order valence-corrected chi connectivity index (χ2v) is 4.61. The molecule has 0 aromatic carbocycles. The van der Waals surface area contributed by atoms with E-state index in [1.54, 1.807) is 7.05 Å². The van der Waals surface area contributed by atoms with Crippen LogP contribution >= 0.6 is 0 Å². The van der Waals surface area contributed by atoms with E-state index in [0.717, 1.165) is 25.7 Å². The minimum atomic E-state index is -1.27. The summed E-state index contributed by atoms with van der Waals surface area (Å²) in [6.45, 7) is 1.34. The highest BCUT2D eigenvalue weighted by atomic mass is 16.7. The van der Waals surface area contributed by atoms with Crippen molar-refractivity contribution in [1.82, 2.24) is 5.32 Å². The van der Waals surface area contributed by atoms with Gasteiger partial charge >= 0.3 is 0 Å². The Morgan fingerprint density at radius 1 is 1.25 bits per heavy atom. The van der Waals surface area contributed by atoms with Gasteiger partial charge in [-0.15, -0.1) is 0 Å². The van der Waals surface area contributed by atoms with Gasteiger partial charge in [0.25, 0.3) is 0 Å². The maximum Gasteiger partial charge on any atom is 0.151 e. The zero-order chi connectivity index (χ0) is 15.2. The maximum absolute atomic E-state index is 10.8. The van der Waals surface area contributed by atoms with Crippen molar-refractivity contribution in [2.75, 3.05) is 33.5 Å². The molecule has 0 aromatic rings. The summed E-state index contributed by atoms with van der Waals surface area (Å²) in [6.07, 6.45) is 1.08. The quantitative estimate of drug-likeness (QED) is 0.184. The third-order valence-corrected chi connectivity index (χ3v) is 2.86. The largest absolute Gasteiger partial charge is 0.389 e. The van der Waals surface area contributed by atoms with E-state index in [1.165, 1.54) is 0 Å². The van der Waals surface area contributed by atoms with Crippen LogP contribution in [0.25, 0.3) is 0 Å². The summed E-state index contributed by atoms with van der Waals surface area (Å²) in [6, 6.07) is 0. The fraction of sp³-hybridized carbons (Fsp3) is 0.923. The van der Waals surface area contributed by atoms with Gasteiger partial charge in [0.1, 0.15) is 19.0 Å². The van der Waals surface area contributed by atoms with Gasteiger partial charge in [0, 0.05) is 13.2 Å². The molecule has 0 heterocycles. The molecule has 0 saturated carbocycles. The Labute approximate surface area is 120 Å². The van der Waals surface area contributed by atoms with E-state index in [1.807, 2.05) is 0 Å². The van der Waals surface area contributed by atoms with Gasteiger partial charge in [0.15, 0.2) is 6.29 Å². The van der Waals surface area contributed by atoms with Gasteiger partial charge in [-0.25, -0.2) is 0 Å². The minimum Gasteiger partial charge on any atom is -0.389 e. The van der Waals surface area contributed by atoms with Crippen molar-refractivity contribution in [1.29, 1.82) is 0 Å². The molecule has 0 radical (unpaired) electrons. The van der Waals surface area contributed by atoms with Gasteiger partial charge in [-0.05, 0) is 26.4 Å². The third kappa shape index (κ3) is 9.35. The normalized spacial score (nSPS) is 15.8. The van der Waals surface area contributed by atoms with Crippen LogP contribution in [0, 0.1) is 0 Å².